The second kappa shape index (κ2) is 7.01. The van der Waals surface area contributed by atoms with Gasteiger partial charge in [0.25, 0.3) is 5.91 Å². The van der Waals surface area contributed by atoms with Gasteiger partial charge in [-0.1, -0.05) is 53.2 Å². The van der Waals surface area contributed by atoms with E-state index in [1.807, 2.05) is 25.1 Å². The lowest BCUT2D eigenvalue weighted by Gasteiger charge is -2.29. The second-order valence-electron chi connectivity index (χ2n) is 10.0. The van der Waals surface area contributed by atoms with E-state index in [2.05, 4.69) is 41.5 Å². The van der Waals surface area contributed by atoms with Crippen LogP contribution in [0.4, 0.5) is 0 Å². The van der Waals surface area contributed by atoms with Crippen molar-refractivity contribution in [1.82, 2.24) is 4.57 Å². The van der Waals surface area contributed by atoms with Crippen LogP contribution in [-0.2, 0) is 10.8 Å². The van der Waals surface area contributed by atoms with Gasteiger partial charge in [-0.2, -0.15) is 0 Å². The fraction of sp³-hybridized carbons (Fsp3) is 0.360. The molecule has 0 aliphatic carbocycles. The van der Waals surface area contributed by atoms with E-state index in [0.717, 1.165) is 16.7 Å². The Bertz CT molecular complexity index is 1220. The van der Waals surface area contributed by atoms with Gasteiger partial charge in [0, 0.05) is 17.6 Å². The molecule has 0 fully saturated rings. The molecule has 30 heavy (non-hydrogen) atoms. The standard InChI is InChI=1S/C25H30N2O3/c1-14-8-9-19-15(10-14)22(29)16(23(26)30)13-27(19)20-12-21(28)18(25(5,6)7)11-17(20)24(2,3)4/h8-13,28H,1-7H3,(H2,26,30). The maximum absolute atomic E-state index is 12.9. The number of nitrogens with zero attached hydrogens (tertiary/aromatic N) is 1. The zero-order chi connectivity index (χ0) is 22.6. The molecule has 5 heteroatoms. The molecule has 1 heterocycles. The third kappa shape index (κ3) is 3.72. The highest BCUT2D eigenvalue weighted by molar-refractivity contribution is 5.96. The first-order valence-corrected chi connectivity index (χ1v) is 10.1. The van der Waals surface area contributed by atoms with Crippen molar-refractivity contribution in [1.29, 1.82) is 0 Å². The van der Waals surface area contributed by atoms with E-state index < -0.39 is 5.91 Å². The summed E-state index contributed by atoms with van der Waals surface area (Å²) in [5, 5.41) is 11.3. The normalized spacial score (nSPS) is 12.4. The van der Waals surface area contributed by atoms with Gasteiger partial charge in [-0.05, 0) is 47.1 Å². The summed E-state index contributed by atoms with van der Waals surface area (Å²) in [6.07, 6.45) is 1.49. The number of phenols is 1. The van der Waals surface area contributed by atoms with Gasteiger partial charge in [0.2, 0.25) is 5.43 Å². The van der Waals surface area contributed by atoms with Gasteiger partial charge in [0.1, 0.15) is 11.3 Å². The van der Waals surface area contributed by atoms with Crippen LogP contribution in [-0.4, -0.2) is 15.6 Å². The van der Waals surface area contributed by atoms with Gasteiger partial charge < -0.3 is 15.4 Å². The van der Waals surface area contributed by atoms with Crippen LogP contribution in [0.1, 0.15) is 68.6 Å². The summed E-state index contributed by atoms with van der Waals surface area (Å²) in [7, 11) is 0. The van der Waals surface area contributed by atoms with Gasteiger partial charge >= 0.3 is 0 Å². The van der Waals surface area contributed by atoms with Gasteiger partial charge in [-0.25, -0.2) is 0 Å². The maximum atomic E-state index is 12.9. The Balaban J connectivity index is 2.52. The number of pyridine rings is 1. The van der Waals surface area contributed by atoms with Gasteiger partial charge in [-0.3, -0.25) is 9.59 Å². The largest absolute Gasteiger partial charge is 0.508 e. The molecule has 0 aliphatic heterocycles. The predicted molar refractivity (Wildman–Crippen MR) is 122 cm³/mol. The van der Waals surface area contributed by atoms with Crippen LogP contribution in [0.15, 0.2) is 41.3 Å². The number of carbonyl (C=O) groups excluding carboxylic acids is 1. The molecule has 1 amide bonds. The number of primary amides is 1. The fourth-order valence-electron chi connectivity index (χ4n) is 3.80. The molecule has 0 radical (unpaired) electrons. The van der Waals surface area contributed by atoms with Crippen molar-refractivity contribution < 1.29 is 9.90 Å². The smallest absolute Gasteiger partial charge is 0.254 e. The minimum absolute atomic E-state index is 0.0765. The van der Waals surface area contributed by atoms with Crippen LogP contribution in [0, 0.1) is 6.92 Å². The molecule has 0 aliphatic rings. The van der Waals surface area contributed by atoms with Crippen molar-refractivity contribution in [2.24, 2.45) is 5.73 Å². The van der Waals surface area contributed by atoms with E-state index in [0.29, 0.717) is 16.6 Å². The Labute approximate surface area is 177 Å². The van der Waals surface area contributed by atoms with E-state index in [4.69, 9.17) is 5.73 Å². The number of rotatable bonds is 2. The van der Waals surface area contributed by atoms with E-state index in [1.54, 1.807) is 16.7 Å². The summed E-state index contributed by atoms with van der Waals surface area (Å²) in [6, 6.07) is 9.28. The highest BCUT2D eigenvalue weighted by Crippen LogP contribution is 2.39. The van der Waals surface area contributed by atoms with Crippen LogP contribution < -0.4 is 11.2 Å². The molecule has 0 spiro atoms. The first-order chi connectivity index (χ1) is 13.7. The molecular weight excluding hydrogens is 376 g/mol. The highest BCUT2D eigenvalue weighted by Gasteiger charge is 2.27. The number of carbonyl (C=O) groups is 1. The first kappa shape index (κ1) is 21.6. The topological polar surface area (TPSA) is 85.3 Å². The van der Waals surface area contributed by atoms with Crippen LogP contribution >= 0.6 is 0 Å². The third-order valence-electron chi connectivity index (χ3n) is 5.41. The molecule has 158 valence electrons. The van der Waals surface area contributed by atoms with Crippen molar-refractivity contribution in [2.45, 2.75) is 59.3 Å². The molecule has 0 atom stereocenters. The number of hydrogen-bond donors (Lipinski definition) is 2. The second-order valence-corrected chi connectivity index (χ2v) is 10.0. The Morgan fingerprint density at radius 3 is 2.10 bits per heavy atom. The summed E-state index contributed by atoms with van der Waals surface area (Å²) in [5.74, 6) is -0.602. The molecule has 1 aromatic heterocycles. The van der Waals surface area contributed by atoms with E-state index >= 15 is 0 Å². The summed E-state index contributed by atoms with van der Waals surface area (Å²) in [6.45, 7) is 14.3. The number of nitrogens with two attached hydrogens (primary N) is 1. The lowest BCUT2D eigenvalue weighted by molar-refractivity contribution is 0.0999. The number of benzene rings is 2. The predicted octanol–water partition coefficient (Wildman–Crippen LogP) is 4.70. The van der Waals surface area contributed by atoms with Gasteiger partial charge in [0.05, 0.1) is 11.2 Å². The minimum Gasteiger partial charge on any atom is -0.508 e. The van der Waals surface area contributed by atoms with Crippen molar-refractivity contribution >= 4 is 16.8 Å². The summed E-state index contributed by atoms with van der Waals surface area (Å²) in [4.78, 5) is 24.9. The van der Waals surface area contributed by atoms with Gasteiger partial charge in [0.15, 0.2) is 0 Å². The average molecular weight is 407 g/mol. The van der Waals surface area contributed by atoms with E-state index in [1.165, 1.54) is 6.20 Å². The molecule has 5 nitrogen and oxygen atoms in total. The monoisotopic (exact) mass is 406 g/mol. The summed E-state index contributed by atoms with van der Waals surface area (Å²) >= 11 is 0. The average Bonchev–Trinajstić information content (AvgIpc) is 2.59. The van der Waals surface area contributed by atoms with E-state index in [9.17, 15) is 14.7 Å². The Morgan fingerprint density at radius 1 is 0.967 bits per heavy atom. The third-order valence-corrected chi connectivity index (χ3v) is 5.41. The summed E-state index contributed by atoms with van der Waals surface area (Å²) < 4.78 is 1.79. The first-order valence-electron chi connectivity index (χ1n) is 10.1. The lowest BCUT2D eigenvalue weighted by atomic mass is 9.79. The Hall–Kier alpha value is -3.08. The number of aromatic hydroxyl groups is 1. The minimum atomic E-state index is -0.773. The number of amides is 1. The van der Waals surface area contributed by atoms with Crippen LogP contribution in [0.25, 0.3) is 16.6 Å². The molecule has 0 unspecified atom stereocenters. The maximum Gasteiger partial charge on any atom is 0.254 e. The van der Waals surface area contributed by atoms with Crippen LogP contribution in [0.5, 0.6) is 5.75 Å². The Morgan fingerprint density at radius 2 is 1.57 bits per heavy atom. The molecule has 0 saturated heterocycles. The van der Waals surface area contributed by atoms with Crippen molar-refractivity contribution in [3.05, 3.63) is 69.0 Å². The van der Waals surface area contributed by atoms with Crippen LogP contribution in [0.3, 0.4) is 0 Å². The molecule has 3 aromatic rings. The van der Waals surface area contributed by atoms with Gasteiger partial charge in [-0.15, -0.1) is 0 Å². The molecule has 3 N–H and O–H groups in total. The molecular formula is C25H30N2O3. The zero-order valence-electron chi connectivity index (χ0n) is 18.8. The van der Waals surface area contributed by atoms with Crippen LogP contribution in [0.2, 0.25) is 0 Å². The molecule has 0 saturated carbocycles. The number of aryl methyl sites for hydroxylation is 1. The van der Waals surface area contributed by atoms with Crippen molar-refractivity contribution in [3.8, 4) is 11.4 Å². The van der Waals surface area contributed by atoms with Crippen molar-refractivity contribution in [3.63, 3.8) is 0 Å². The quantitative estimate of drug-likeness (QED) is 0.647. The molecule has 2 aromatic carbocycles. The fourth-order valence-corrected chi connectivity index (χ4v) is 3.80. The summed E-state index contributed by atoms with van der Waals surface area (Å²) in [5.41, 5.74) is 8.68. The SMILES string of the molecule is Cc1ccc2c(c1)c(=O)c(C(N)=O)cn2-c1cc(O)c(C(C)(C)C)cc1C(C)(C)C. The van der Waals surface area contributed by atoms with E-state index in [-0.39, 0.29) is 27.6 Å². The van der Waals surface area contributed by atoms with Crippen molar-refractivity contribution in [2.75, 3.05) is 0 Å². The number of fused-ring (bicyclic) bond motifs is 1. The zero-order valence-corrected chi connectivity index (χ0v) is 18.8. The number of hydrogen-bond acceptors (Lipinski definition) is 3. The number of aromatic nitrogens is 1. The highest BCUT2D eigenvalue weighted by atomic mass is 16.3. The molecule has 0 bridgehead atoms. The number of phenolic OH excluding ortho intramolecular Hbond substituents is 1. The Kier molecular flexibility index (Phi) is 5.05. The lowest BCUT2D eigenvalue weighted by Crippen LogP contribution is -2.25. The molecule has 3 rings (SSSR count).